The van der Waals surface area contributed by atoms with Crippen molar-refractivity contribution in [2.75, 3.05) is 0 Å². The second-order valence-corrected chi connectivity index (χ2v) is 3.87. The molecule has 3 rings (SSSR count). The zero-order valence-corrected chi connectivity index (χ0v) is 8.03. The van der Waals surface area contributed by atoms with Crippen molar-refractivity contribution in [3.8, 4) is 0 Å². The van der Waals surface area contributed by atoms with E-state index >= 15 is 0 Å². The number of aliphatic imine (C=N–C) groups is 1. The van der Waals surface area contributed by atoms with Crippen LogP contribution in [0.5, 0.6) is 0 Å². The monoisotopic (exact) mass is 185 g/mol. The maximum absolute atomic E-state index is 5.46. The van der Waals surface area contributed by atoms with Gasteiger partial charge < -0.3 is 4.74 Å². The summed E-state index contributed by atoms with van der Waals surface area (Å²) in [5, 5.41) is 0. The third kappa shape index (κ3) is 1.00. The molecule has 0 aromatic heterocycles. The van der Waals surface area contributed by atoms with E-state index in [1.54, 1.807) is 0 Å². The first-order valence-electron chi connectivity index (χ1n) is 4.80. The molecule has 0 saturated carbocycles. The van der Waals surface area contributed by atoms with Gasteiger partial charge >= 0.3 is 0 Å². The highest BCUT2D eigenvalue weighted by atomic mass is 16.6. The van der Waals surface area contributed by atoms with Crippen molar-refractivity contribution < 1.29 is 4.74 Å². The van der Waals surface area contributed by atoms with Gasteiger partial charge in [0, 0.05) is 6.42 Å². The molecule has 14 heavy (non-hydrogen) atoms. The molecule has 2 heterocycles. The molecule has 1 aromatic carbocycles. The van der Waals surface area contributed by atoms with Gasteiger partial charge in [-0.2, -0.15) is 0 Å². The quantitative estimate of drug-likeness (QED) is 0.649. The van der Waals surface area contributed by atoms with Gasteiger partial charge in [0.1, 0.15) is 0 Å². The van der Waals surface area contributed by atoms with Gasteiger partial charge in [-0.1, -0.05) is 30.3 Å². The lowest BCUT2D eigenvalue weighted by Gasteiger charge is -2.05. The summed E-state index contributed by atoms with van der Waals surface area (Å²) in [6.45, 7) is 2.08. The second-order valence-electron chi connectivity index (χ2n) is 3.87. The molecule has 2 heteroatoms. The summed E-state index contributed by atoms with van der Waals surface area (Å²) in [5.74, 6) is 1.02. The molecular weight excluding hydrogens is 174 g/mol. The highest BCUT2D eigenvalue weighted by Gasteiger charge is 2.55. The van der Waals surface area contributed by atoms with Gasteiger partial charge in [-0.3, -0.25) is 4.99 Å². The van der Waals surface area contributed by atoms with Gasteiger partial charge in [0.05, 0.1) is 11.9 Å². The minimum atomic E-state index is -0.157. The third-order valence-electron chi connectivity index (χ3n) is 2.85. The van der Waals surface area contributed by atoms with Crippen molar-refractivity contribution in [2.45, 2.75) is 18.9 Å². The number of ether oxygens (including phenoxy) is 1. The first kappa shape index (κ1) is 7.80. The predicted molar refractivity (Wildman–Crippen MR) is 55.2 cm³/mol. The summed E-state index contributed by atoms with van der Waals surface area (Å²) >= 11 is 0. The van der Waals surface area contributed by atoms with Gasteiger partial charge in [0.15, 0.2) is 5.76 Å². The normalized spacial score (nSPS) is 27.5. The molecule has 1 fully saturated rings. The van der Waals surface area contributed by atoms with Gasteiger partial charge in [0.25, 0.3) is 0 Å². The molecule has 0 amide bonds. The Bertz CT molecular complexity index is 433. The Morgan fingerprint density at radius 3 is 2.64 bits per heavy atom. The van der Waals surface area contributed by atoms with E-state index in [9.17, 15) is 0 Å². The Balaban J connectivity index is 1.82. The molecule has 0 bridgehead atoms. The summed E-state index contributed by atoms with van der Waals surface area (Å²) in [4.78, 5) is 4.36. The van der Waals surface area contributed by atoms with Gasteiger partial charge in [-0.05, 0) is 12.5 Å². The first-order valence-corrected chi connectivity index (χ1v) is 4.80. The topological polar surface area (TPSA) is 24.9 Å². The van der Waals surface area contributed by atoms with E-state index in [1.165, 1.54) is 5.56 Å². The van der Waals surface area contributed by atoms with Crippen LogP contribution in [0.1, 0.15) is 12.5 Å². The molecular formula is C12H11NO. The number of benzene rings is 1. The maximum atomic E-state index is 5.46. The average molecular weight is 185 g/mol. The summed E-state index contributed by atoms with van der Waals surface area (Å²) < 4.78 is 5.46. The standard InChI is InChI=1S/C12H11NO/c1-12-10(13-8-11(12)14-12)7-9-5-3-2-4-6-9/h2-6,8H,7H2,1H3. The van der Waals surface area contributed by atoms with E-state index in [1.807, 2.05) is 12.3 Å². The Morgan fingerprint density at radius 2 is 2.07 bits per heavy atom. The zero-order valence-electron chi connectivity index (χ0n) is 8.03. The fraction of sp³-hybridized carbons (Fsp3) is 0.250. The van der Waals surface area contributed by atoms with E-state index in [-0.39, 0.29) is 5.60 Å². The molecule has 2 aliphatic rings. The van der Waals surface area contributed by atoms with Crippen LogP contribution in [0.4, 0.5) is 0 Å². The van der Waals surface area contributed by atoms with E-state index in [4.69, 9.17) is 4.74 Å². The van der Waals surface area contributed by atoms with Gasteiger partial charge in [0.2, 0.25) is 5.60 Å². The lowest BCUT2D eigenvalue weighted by Crippen LogP contribution is -2.20. The molecule has 1 aromatic rings. The highest BCUT2D eigenvalue weighted by molar-refractivity contribution is 6.02. The van der Waals surface area contributed by atoms with Crippen molar-refractivity contribution in [3.05, 3.63) is 47.9 Å². The minimum absolute atomic E-state index is 0.157. The van der Waals surface area contributed by atoms with Crippen molar-refractivity contribution >= 4 is 5.71 Å². The van der Waals surface area contributed by atoms with E-state index in [2.05, 4.69) is 36.2 Å². The summed E-state index contributed by atoms with van der Waals surface area (Å²) in [6, 6.07) is 10.4. The summed E-state index contributed by atoms with van der Waals surface area (Å²) in [6.07, 6.45) is 2.72. The van der Waals surface area contributed by atoms with E-state index < -0.39 is 0 Å². The summed E-state index contributed by atoms with van der Waals surface area (Å²) in [7, 11) is 0. The van der Waals surface area contributed by atoms with E-state index in [0.717, 1.165) is 17.9 Å². The smallest absolute Gasteiger partial charge is 0.202 e. The highest BCUT2D eigenvalue weighted by Crippen LogP contribution is 2.46. The van der Waals surface area contributed by atoms with Crippen LogP contribution in [0.2, 0.25) is 0 Å². The largest absolute Gasteiger partial charge is 0.472 e. The Hall–Kier alpha value is -1.57. The number of epoxide rings is 1. The number of hydrogen-bond donors (Lipinski definition) is 0. The van der Waals surface area contributed by atoms with Crippen LogP contribution >= 0.6 is 0 Å². The lowest BCUT2D eigenvalue weighted by molar-refractivity contribution is 0.394. The van der Waals surface area contributed by atoms with E-state index in [0.29, 0.717) is 0 Å². The van der Waals surface area contributed by atoms with Gasteiger partial charge in [-0.25, -0.2) is 0 Å². The molecule has 2 aliphatic heterocycles. The molecule has 0 radical (unpaired) electrons. The zero-order chi connectivity index (χ0) is 9.60. The van der Waals surface area contributed by atoms with Crippen LogP contribution in [-0.4, -0.2) is 11.3 Å². The molecule has 0 N–H and O–H groups in total. The summed E-state index contributed by atoms with van der Waals surface area (Å²) in [5.41, 5.74) is 2.26. The average Bonchev–Trinajstić information content (AvgIpc) is 2.79. The van der Waals surface area contributed by atoms with Crippen LogP contribution < -0.4 is 0 Å². The predicted octanol–water partition coefficient (Wildman–Crippen LogP) is 2.31. The van der Waals surface area contributed by atoms with Crippen molar-refractivity contribution in [3.63, 3.8) is 0 Å². The van der Waals surface area contributed by atoms with Crippen molar-refractivity contribution in [1.82, 2.24) is 0 Å². The molecule has 1 saturated heterocycles. The van der Waals surface area contributed by atoms with Crippen molar-refractivity contribution in [2.24, 2.45) is 4.99 Å². The molecule has 2 nitrogen and oxygen atoms in total. The second kappa shape index (κ2) is 2.47. The number of fused-ring (bicyclic) bond motifs is 1. The number of rotatable bonds is 2. The molecule has 1 atom stereocenters. The molecule has 0 aliphatic carbocycles. The Labute approximate surface area is 82.9 Å². The van der Waals surface area contributed by atoms with Crippen LogP contribution in [0.25, 0.3) is 0 Å². The molecule has 0 spiro atoms. The Kier molecular flexibility index (Phi) is 1.38. The molecule has 1 unspecified atom stereocenters. The first-order chi connectivity index (χ1) is 6.79. The van der Waals surface area contributed by atoms with Crippen LogP contribution in [-0.2, 0) is 11.2 Å². The third-order valence-corrected chi connectivity index (χ3v) is 2.85. The van der Waals surface area contributed by atoms with Crippen molar-refractivity contribution in [1.29, 1.82) is 0 Å². The van der Waals surface area contributed by atoms with Crippen LogP contribution in [0.15, 0.2) is 47.3 Å². The SMILES string of the molecule is CC12OC1=CN=C2Cc1ccccc1. The number of nitrogens with zero attached hydrogens (tertiary/aromatic N) is 1. The maximum Gasteiger partial charge on any atom is 0.202 e. The van der Waals surface area contributed by atoms with Gasteiger partial charge in [-0.15, -0.1) is 0 Å². The molecule has 70 valence electrons. The number of hydrogen-bond acceptors (Lipinski definition) is 2. The lowest BCUT2D eigenvalue weighted by atomic mass is 9.99. The fourth-order valence-corrected chi connectivity index (χ4v) is 1.81. The minimum Gasteiger partial charge on any atom is -0.472 e. The van der Waals surface area contributed by atoms with Crippen LogP contribution in [0.3, 0.4) is 0 Å². The van der Waals surface area contributed by atoms with Crippen LogP contribution in [0, 0.1) is 0 Å². The Morgan fingerprint density at radius 1 is 1.29 bits per heavy atom. The fourth-order valence-electron chi connectivity index (χ4n) is 1.81.